The highest BCUT2D eigenvalue weighted by Gasteiger charge is 2.46. The highest BCUT2D eigenvalue weighted by Crippen LogP contribution is 2.37. The number of aryl methyl sites for hydroxylation is 1. The molecule has 0 aliphatic carbocycles. The molecule has 0 spiro atoms. The molecule has 0 bridgehead atoms. The van der Waals surface area contributed by atoms with Crippen LogP contribution in [0.25, 0.3) is 0 Å². The molecule has 3 aromatic carbocycles. The number of hydrogen-bond acceptors (Lipinski definition) is 15. The maximum Gasteiger partial charge on any atom is 0.264 e. The molecule has 0 radical (unpaired) electrons. The highest BCUT2D eigenvalue weighted by molar-refractivity contribution is 7.92. The molecule has 5 amide bonds. The SMILES string of the molecule is COc1cc(N2CCN(CC3CCN(C(=O)C(C)Nc4cccc5c4C(=O)N(C4CCC(=O)NC4=O)C5=O)CC3)CC2)c(C)cc1Nc1ncc(Cl)c(Nc2ccccc2N(C)S(C)(=O)=O)n1. The zero-order valence-electron chi connectivity index (χ0n) is 38.0. The second-order valence-electron chi connectivity index (χ2n) is 17.3. The Morgan fingerprint density at radius 3 is 2.36 bits per heavy atom. The summed E-state index contributed by atoms with van der Waals surface area (Å²) in [6.45, 7) is 9.35. The van der Waals surface area contributed by atoms with Gasteiger partial charge in [-0.15, -0.1) is 0 Å². The van der Waals surface area contributed by atoms with Crippen LogP contribution in [0.3, 0.4) is 0 Å². The van der Waals surface area contributed by atoms with E-state index in [1.165, 1.54) is 23.6 Å². The van der Waals surface area contributed by atoms with Gasteiger partial charge in [-0.2, -0.15) is 4.98 Å². The van der Waals surface area contributed by atoms with Crippen molar-refractivity contribution in [2.45, 2.75) is 51.6 Å². The number of nitrogens with one attached hydrogen (secondary N) is 4. The van der Waals surface area contributed by atoms with Crippen LogP contribution < -0.4 is 35.2 Å². The van der Waals surface area contributed by atoms with Crippen LogP contribution >= 0.6 is 11.6 Å². The van der Waals surface area contributed by atoms with Crippen LogP contribution in [0.2, 0.25) is 5.02 Å². The first kappa shape index (κ1) is 47.0. The quantitative estimate of drug-likeness (QED) is 0.127. The lowest BCUT2D eigenvalue weighted by molar-refractivity contribution is -0.136. The van der Waals surface area contributed by atoms with E-state index in [1.54, 1.807) is 50.4 Å². The minimum Gasteiger partial charge on any atom is -0.494 e. The second-order valence-corrected chi connectivity index (χ2v) is 19.7. The van der Waals surface area contributed by atoms with Crippen molar-refractivity contribution in [3.8, 4) is 5.75 Å². The summed E-state index contributed by atoms with van der Waals surface area (Å²) in [6.07, 6.45) is 4.41. The van der Waals surface area contributed by atoms with Gasteiger partial charge in [0.1, 0.15) is 22.9 Å². The van der Waals surface area contributed by atoms with Crippen LogP contribution in [-0.2, 0) is 24.4 Å². The predicted octanol–water partition coefficient (Wildman–Crippen LogP) is 4.59. The topological polar surface area (TPSA) is 219 Å². The Morgan fingerprint density at radius 1 is 0.940 bits per heavy atom. The van der Waals surface area contributed by atoms with Gasteiger partial charge in [0.05, 0.1) is 47.8 Å². The summed E-state index contributed by atoms with van der Waals surface area (Å²) in [5.74, 6) is -0.861. The molecule has 19 nitrogen and oxygen atoms in total. The molecular weight excluding hydrogens is 902 g/mol. The molecule has 8 rings (SSSR count). The number of likely N-dealkylation sites (tertiary alicyclic amines) is 1. The Bertz CT molecular complexity index is 2730. The molecule has 4 aliphatic rings. The number of methoxy groups -OCH3 is 1. The van der Waals surface area contributed by atoms with E-state index in [4.69, 9.17) is 16.3 Å². The molecular formula is C46H54ClN11O8S. The van der Waals surface area contributed by atoms with Gasteiger partial charge in [-0.3, -0.25) is 43.4 Å². The zero-order chi connectivity index (χ0) is 47.7. The number of sulfonamides is 1. The summed E-state index contributed by atoms with van der Waals surface area (Å²) in [7, 11) is -0.441. The van der Waals surface area contributed by atoms with Crippen molar-refractivity contribution in [1.82, 2.24) is 30.0 Å². The van der Waals surface area contributed by atoms with Crippen LogP contribution in [0.5, 0.6) is 5.75 Å². The molecule has 67 heavy (non-hydrogen) atoms. The molecule has 354 valence electrons. The molecule has 0 saturated carbocycles. The number of para-hydroxylation sites is 2. The first-order valence-electron chi connectivity index (χ1n) is 22.2. The van der Waals surface area contributed by atoms with Crippen LogP contribution in [0.4, 0.5) is 40.2 Å². The van der Waals surface area contributed by atoms with E-state index in [0.29, 0.717) is 47.5 Å². The van der Waals surface area contributed by atoms with Crippen molar-refractivity contribution in [3.05, 3.63) is 82.5 Å². The van der Waals surface area contributed by atoms with Crippen molar-refractivity contribution in [1.29, 1.82) is 0 Å². The Hall–Kier alpha value is -6.51. The van der Waals surface area contributed by atoms with E-state index in [9.17, 15) is 32.4 Å². The summed E-state index contributed by atoms with van der Waals surface area (Å²) in [6, 6.07) is 14.0. The lowest BCUT2D eigenvalue weighted by atomic mass is 9.95. The number of piperazine rings is 1. The fourth-order valence-electron chi connectivity index (χ4n) is 9.16. The number of halogens is 1. The molecule has 4 aromatic rings. The van der Waals surface area contributed by atoms with E-state index in [-0.39, 0.29) is 46.7 Å². The average molecular weight is 957 g/mol. The second kappa shape index (κ2) is 19.4. The van der Waals surface area contributed by atoms with E-state index in [2.05, 4.69) is 41.0 Å². The Kier molecular flexibility index (Phi) is 13.6. The number of anilines is 7. The number of carbonyl (C=O) groups excluding carboxylic acids is 5. The largest absolute Gasteiger partial charge is 0.494 e. The number of aromatic nitrogens is 2. The minimum atomic E-state index is -3.53. The van der Waals surface area contributed by atoms with Crippen LogP contribution in [0.1, 0.15) is 58.9 Å². The highest BCUT2D eigenvalue weighted by atomic mass is 35.5. The van der Waals surface area contributed by atoms with Crippen molar-refractivity contribution < 1.29 is 37.1 Å². The van der Waals surface area contributed by atoms with Gasteiger partial charge in [-0.05, 0) is 74.9 Å². The maximum absolute atomic E-state index is 13.7. The summed E-state index contributed by atoms with van der Waals surface area (Å²) >= 11 is 6.49. The van der Waals surface area contributed by atoms with Crippen molar-refractivity contribution in [2.75, 3.05) is 91.4 Å². The number of fused-ring (bicyclic) bond motifs is 1. The van der Waals surface area contributed by atoms with Gasteiger partial charge in [-0.25, -0.2) is 13.4 Å². The first-order chi connectivity index (χ1) is 32.0. The number of ether oxygens (including phenoxy) is 1. The van der Waals surface area contributed by atoms with E-state index < -0.39 is 45.7 Å². The van der Waals surface area contributed by atoms with Crippen LogP contribution in [0.15, 0.2) is 60.8 Å². The van der Waals surface area contributed by atoms with Gasteiger partial charge in [0.2, 0.25) is 33.7 Å². The number of amides is 5. The monoisotopic (exact) mass is 955 g/mol. The number of nitrogens with zero attached hydrogens (tertiary/aromatic N) is 7. The van der Waals surface area contributed by atoms with Crippen LogP contribution in [0, 0.1) is 12.8 Å². The van der Waals surface area contributed by atoms with Gasteiger partial charge in [-0.1, -0.05) is 29.8 Å². The molecule has 3 fully saturated rings. The number of hydrogen-bond donors (Lipinski definition) is 4. The Balaban J connectivity index is 0.826. The molecule has 2 unspecified atom stereocenters. The van der Waals surface area contributed by atoms with Gasteiger partial charge >= 0.3 is 0 Å². The Labute approximate surface area is 394 Å². The lowest BCUT2D eigenvalue weighted by Crippen LogP contribution is -2.54. The molecule has 1 aromatic heterocycles. The van der Waals surface area contributed by atoms with Gasteiger partial charge in [0.15, 0.2) is 5.82 Å². The van der Waals surface area contributed by atoms with E-state index in [1.807, 2.05) is 24.0 Å². The van der Waals surface area contributed by atoms with E-state index in [0.717, 1.165) is 68.0 Å². The molecule has 4 N–H and O–H groups in total. The van der Waals surface area contributed by atoms with Crippen molar-refractivity contribution in [2.24, 2.45) is 5.92 Å². The third-order valence-corrected chi connectivity index (χ3v) is 14.3. The smallest absolute Gasteiger partial charge is 0.264 e. The number of imide groups is 2. The summed E-state index contributed by atoms with van der Waals surface area (Å²) in [5, 5.41) is 12.1. The van der Waals surface area contributed by atoms with Gasteiger partial charge < -0.3 is 30.5 Å². The fraction of sp³-hybridized carbons (Fsp3) is 0.413. The number of carbonyl (C=O) groups is 5. The molecule has 5 heterocycles. The molecule has 2 atom stereocenters. The number of rotatable bonds is 14. The summed E-state index contributed by atoms with van der Waals surface area (Å²) in [5.41, 5.74) is 4.30. The summed E-state index contributed by atoms with van der Waals surface area (Å²) in [4.78, 5) is 81.4. The minimum absolute atomic E-state index is 0.0286. The van der Waals surface area contributed by atoms with Crippen molar-refractivity contribution >= 4 is 91.4 Å². The lowest BCUT2D eigenvalue weighted by Gasteiger charge is -2.40. The average Bonchev–Trinajstić information content (AvgIpc) is 3.56. The standard InChI is InChI=1S/C46H54ClN11O8S/c1-27-23-34(51-46-48-25-31(47)41(53-46)50-32-10-6-7-12-35(32)54(3)67(5,64)65)38(66-4)24-37(27)56-21-19-55(20-22-56)26-29-15-17-57(18-16-29)43(61)28(2)49-33-11-8-9-30-40(33)45(63)58(44(30)62)36-13-14-39(59)52-42(36)60/h6-12,23-25,28-29,36,49H,13-22,26H2,1-5H3,(H,52,59,60)(H2,48,50,51,53). The normalized spacial score (nSPS) is 18.7. The predicted molar refractivity (Wildman–Crippen MR) is 255 cm³/mol. The third kappa shape index (κ3) is 9.96. The van der Waals surface area contributed by atoms with Gasteiger partial charge in [0, 0.05) is 76.7 Å². The third-order valence-electron chi connectivity index (χ3n) is 12.9. The number of piperidine rings is 2. The number of benzene rings is 3. The summed E-state index contributed by atoms with van der Waals surface area (Å²) < 4.78 is 31.6. The van der Waals surface area contributed by atoms with Gasteiger partial charge in [0.25, 0.3) is 11.8 Å². The Morgan fingerprint density at radius 2 is 1.66 bits per heavy atom. The molecule has 4 aliphatic heterocycles. The van der Waals surface area contributed by atoms with Crippen molar-refractivity contribution in [3.63, 3.8) is 0 Å². The first-order valence-corrected chi connectivity index (χ1v) is 24.4. The fourth-order valence-corrected chi connectivity index (χ4v) is 9.81. The molecule has 3 saturated heterocycles. The molecule has 21 heteroatoms. The zero-order valence-corrected chi connectivity index (χ0v) is 39.5. The van der Waals surface area contributed by atoms with E-state index >= 15 is 0 Å². The maximum atomic E-state index is 13.7. The van der Waals surface area contributed by atoms with Crippen LogP contribution in [-0.4, -0.2) is 141 Å².